The van der Waals surface area contributed by atoms with E-state index in [0.29, 0.717) is 25.3 Å². The molecule has 0 bridgehead atoms. The smallest absolute Gasteiger partial charge is 0.309 e. The van der Waals surface area contributed by atoms with Gasteiger partial charge in [0.05, 0.1) is 17.7 Å². The van der Waals surface area contributed by atoms with Crippen LogP contribution in [0.15, 0.2) is 12.3 Å². The van der Waals surface area contributed by atoms with Gasteiger partial charge in [0.1, 0.15) is 0 Å². The number of hydrogen-bond acceptors (Lipinski definition) is 3. The second kappa shape index (κ2) is 5.64. The Kier molecular flexibility index (Phi) is 4.11. The van der Waals surface area contributed by atoms with Gasteiger partial charge in [0.25, 0.3) is 0 Å². The maximum absolute atomic E-state index is 12.2. The number of aliphatic carboxylic acids is 1. The summed E-state index contributed by atoms with van der Waals surface area (Å²) in [7, 11) is 1.78. The standard InChI is InChI=1S/C14H21N3O3/c1-9(2)8-17-12(18)5-4-10(14(19)20)13(17)11-6-7-15-16(11)3/h6-7,9-10,13H,4-5,8H2,1-3H3,(H,19,20). The molecule has 0 aliphatic carbocycles. The van der Waals surface area contributed by atoms with E-state index in [1.54, 1.807) is 28.9 Å². The minimum atomic E-state index is -0.850. The Balaban J connectivity index is 2.41. The second-order valence-electron chi connectivity index (χ2n) is 5.75. The molecule has 110 valence electrons. The normalized spacial score (nSPS) is 23.4. The van der Waals surface area contributed by atoms with Crippen molar-refractivity contribution >= 4 is 11.9 Å². The van der Waals surface area contributed by atoms with Gasteiger partial charge in [-0.05, 0) is 18.4 Å². The van der Waals surface area contributed by atoms with Gasteiger partial charge in [-0.25, -0.2) is 0 Å². The van der Waals surface area contributed by atoms with E-state index in [9.17, 15) is 14.7 Å². The van der Waals surface area contributed by atoms with E-state index in [4.69, 9.17) is 0 Å². The van der Waals surface area contributed by atoms with Crippen molar-refractivity contribution in [3.05, 3.63) is 18.0 Å². The van der Waals surface area contributed by atoms with Crippen LogP contribution in [0.4, 0.5) is 0 Å². The molecule has 2 atom stereocenters. The molecule has 0 aromatic carbocycles. The third-order valence-electron chi connectivity index (χ3n) is 3.75. The molecule has 1 aromatic heterocycles. The number of hydrogen-bond donors (Lipinski definition) is 1. The van der Waals surface area contributed by atoms with Gasteiger partial charge in [0, 0.05) is 26.2 Å². The first-order chi connectivity index (χ1) is 9.41. The molecular weight excluding hydrogens is 258 g/mol. The molecule has 20 heavy (non-hydrogen) atoms. The molecule has 0 saturated carbocycles. The highest BCUT2D eigenvalue weighted by atomic mass is 16.4. The number of carbonyl (C=O) groups excluding carboxylic acids is 1. The highest BCUT2D eigenvalue weighted by Gasteiger charge is 2.42. The third-order valence-corrected chi connectivity index (χ3v) is 3.75. The van der Waals surface area contributed by atoms with Crippen LogP contribution in [0.2, 0.25) is 0 Å². The van der Waals surface area contributed by atoms with Crippen molar-refractivity contribution < 1.29 is 14.7 Å². The van der Waals surface area contributed by atoms with Crippen molar-refractivity contribution in [1.29, 1.82) is 0 Å². The Hall–Kier alpha value is -1.85. The second-order valence-corrected chi connectivity index (χ2v) is 5.75. The van der Waals surface area contributed by atoms with Crippen LogP contribution < -0.4 is 0 Å². The Morgan fingerprint density at radius 1 is 1.55 bits per heavy atom. The lowest BCUT2D eigenvalue weighted by atomic mass is 9.86. The summed E-state index contributed by atoms with van der Waals surface area (Å²) in [6.45, 7) is 4.62. The lowest BCUT2D eigenvalue weighted by molar-refractivity contribution is -0.152. The minimum Gasteiger partial charge on any atom is -0.481 e. The average molecular weight is 279 g/mol. The number of piperidine rings is 1. The minimum absolute atomic E-state index is 0.0300. The monoisotopic (exact) mass is 279 g/mol. The van der Waals surface area contributed by atoms with Crippen LogP contribution in [0.25, 0.3) is 0 Å². The molecule has 1 aliphatic rings. The number of carboxylic acids is 1. The van der Waals surface area contributed by atoms with Crippen molar-refractivity contribution in [3.63, 3.8) is 0 Å². The van der Waals surface area contributed by atoms with Gasteiger partial charge >= 0.3 is 5.97 Å². The molecule has 1 fully saturated rings. The number of rotatable bonds is 4. The topological polar surface area (TPSA) is 75.4 Å². The Morgan fingerprint density at radius 3 is 2.75 bits per heavy atom. The lowest BCUT2D eigenvalue weighted by Crippen LogP contribution is -2.47. The molecule has 0 radical (unpaired) electrons. The first kappa shape index (κ1) is 14.6. The van der Waals surface area contributed by atoms with E-state index < -0.39 is 17.9 Å². The first-order valence-electron chi connectivity index (χ1n) is 6.92. The molecular formula is C14H21N3O3. The van der Waals surface area contributed by atoms with E-state index in [0.717, 1.165) is 5.69 Å². The molecule has 2 unspecified atom stereocenters. The molecule has 0 spiro atoms. The number of amides is 1. The van der Waals surface area contributed by atoms with Gasteiger partial charge in [-0.2, -0.15) is 5.10 Å². The average Bonchev–Trinajstić information content (AvgIpc) is 2.77. The van der Waals surface area contributed by atoms with Gasteiger partial charge in [0.2, 0.25) is 5.91 Å². The summed E-state index contributed by atoms with van der Waals surface area (Å²) in [5, 5.41) is 13.6. The van der Waals surface area contributed by atoms with Gasteiger partial charge < -0.3 is 10.0 Å². The van der Waals surface area contributed by atoms with Crippen molar-refractivity contribution in [2.45, 2.75) is 32.7 Å². The van der Waals surface area contributed by atoms with Gasteiger partial charge in [-0.1, -0.05) is 13.8 Å². The molecule has 2 heterocycles. The van der Waals surface area contributed by atoms with Crippen LogP contribution in [0.3, 0.4) is 0 Å². The van der Waals surface area contributed by atoms with E-state index in [2.05, 4.69) is 5.10 Å². The summed E-state index contributed by atoms with van der Waals surface area (Å²) in [5.74, 6) is -1.09. The number of carbonyl (C=O) groups is 2. The number of aryl methyl sites for hydroxylation is 1. The summed E-state index contributed by atoms with van der Waals surface area (Å²) >= 11 is 0. The Labute approximate surface area is 118 Å². The molecule has 1 aliphatic heterocycles. The third kappa shape index (κ3) is 2.69. The summed E-state index contributed by atoms with van der Waals surface area (Å²) in [5.41, 5.74) is 0.783. The molecule has 2 rings (SSSR count). The molecule has 1 amide bonds. The lowest BCUT2D eigenvalue weighted by Gasteiger charge is -2.40. The number of nitrogens with zero attached hydrogens (tertiary/aromatic N) is 3. The predicted octanol–water partition coefficient (Wildman–Crippen LogP) is 1.44. The number of carboxylic acid groups (broad SMARTS) is 1. The van der Waals surface area contributed by atoms with Gasteiger partial charge in [-0.3, -0.25) is 14.3 Å². The summed E-state index contributed by atoms with van der Waals surface area (Å²) in [6.07, 6.45) is 2.33. The maximum Gasteiger partial charge on any atom is 0.309 e. The fraction of sp³-hybridized carbons (Fsp3) is 0.643. The summed E-state index contributed by atoms with van der Waals surface area (Å²) in [4.78, 5) is 25.5. The van der Waals surface area contributed by atoms with Crippen LogP contribution >= 0.6 is 0 Å². The van der Waals surface area contributed by atoms with Crippen LogP contribution in [-0.4, -0.2) is 38.2 Å². The Bertz CT molecular complexity index is 510. The van der Waals surface area contributed by atoms with Crippen LogP contribution in [-0.2, 0) is 16.6 Å². The molecule has 1 N–H and O–H groups in total. The maximum atomic E-state index is 12.2. The van der Waals surface area contributed by atoms with E-state index in [1.165, 1.54) is 0 Å². The predicted molar refractivity (Wildman–Crippen MR) is 72.9 cm³/mol. The summed E-state index contributed by atoms with van der Waals surface area (Å²) in [6, 6.07) is 1.37. The van der Waals surface area contributed by atoms with Crippen LogP contribution in [0, 0.1) is 11.8 Å². The van der Waals surface area contributed by atoms with E-state index in [-0.39, 0.29) is 5.91 Å². The molecule has 6 nitrogen and oxygen atoms in total. The largest absolute Gasteiger partial charge is 0.481 e. The van der Waals surface area contributed by atoms with Crippen molar-refractivity contribution in [2.24, 2.45) is 18.9 Å². The SMILES string of the molecule is CC(C)CN1C(=O)CCC(C(=O)O)C1c1ccnn1C. The van der Waals surface area contributed by atoms with Crippen LogP contribution in [0.1, 0.15) is 38.4 Å². The van der Waals surface area contributed by atoms with Gasteiger partial charge in [0.15, 0.2) is 0 Å². The molecule has 6 heteroatoms. The first-order valence-corrected chi connectivity index (χ1v) is 6.92. The highest BCUT2D eigenvalue weighted by molar-refractivity contribution is 5.81. The zero-order valence-electron chi connectivity index (χ0n) is 12.1. The Morgan fingerprint density at radius 2 is 2.25 bits per heavy atom. The number of aromatic nitrogens is 2. The zero-order chi connectivity index (χ0) is 14.9. The van der Waals surface area contributed by atoms with Crippen molar-refractivity contribution in [1.82, 2.24) is 14.7 Å². The zero-order valence-corrected chi connectivity index (χ0v) is 12.1. The molecule has 1 saturated heterocycles. The van der Waals surface area contributed by atoms with Gasteiger partial charge in [-0.15, -0.1) is 0 Å². The highest BCUT2D eigenvalue weighted by Crippen LogP contribution is 2.37. The fourth-order valence-electron chi connectivity index (χ4n) is 2.86. The molecule has 1 aromatic rings. The van der Waals surface area contributed by atoms with Crippen molar-refractivity contribution in [3.8, 4) is 0 Å². The number of likely N-dealkylation sites (tertiary alicyclic amines) is 1. The van der Waals surface area contributed by atoms with Crippen molar-refractivity contribution in [2.75, 3.05) is 6.54 Å². The summed E-state index contributed by atoms with van der Waals surface area (Å²) < 4.78 is 1.66. The van der Waals surface area contributed by atoms with E-state index in [1.807, 2.05) is 13.8 Å². The van der Waals surface area contributed by atoms with Crippen LogP contribution in [0.5, 0.6) is 0 Å². The fourth-order valence-corrected chi connectivity index (χ4v) is 2.86. The van der Waals surface area contributed by atoms with E-state index >= 15 is 0 Å². The quantitative estimate of drug-likeness (QED) is 0.905.